The molecule has 0 radical (unpaired) electrons. The number of hydrogen-bond donors (Lipinski definition) is 1. The van der Waals surface area contributed by atoms with Crippen molar-refractivity contribution >= 4 is 5.97 Å². The molecule has 2 aliphatic rings. The van der Waals surface area contributed by atoms with Crippen LogP contribution in [0.5, 0.6) is 0 Å². The van der Waals surface area contributed by atoms with Crippen LogP contribution in [0.25, 0.3) is 0 Å². The molecule has 0 spiro atoms. The highest BCUT2D eigenvalue weighted by molar-refractivity contribution is 5.81. The van der Waals surface area contributed by atoms with Crippen LogP contribution in [0.4, 0.5) is 0 Å². The molecule has 0 saturated carbocycles. The van der Waals surface area contributed by atoms with E-state index in [4.69, 9.17) is 19.3 Å². The van der Waals surface area contributed by atoms with E-state index in [1.807, 2.05) is 0 Å². The summed E-state index contributed by atoms with van der Waals surface area (Å²) in [6, 6.07) is 0. The van der Waals surface area contributed by atoms with Crippen molar-refractivity contribution in [1.82, 2.24) is 0 Å². The third-order valence-electron chi connectivity index (χ3n) is 3.17. The van der Waals surface area contributed by atoms with Gasteiger partial charge in [-0.25, -0.2) is 4.79 Å². The Labute approximate surface area is 131 Å². The van der Waals surface area contributed by atoms with Gasteiger partial charge in [0, 0.05) is 19.3 Å². The lowest BCUT2D eigenvalue weighted by Gasteiger charge is -2.29. The van der Waals surface area contributed by atoms with E-state index in [1.165, 1.54) is 31.8 Å². The van der Waals surface area contributed by atoms with Crippen LogP contribution in [0.2, 0.25) is 0 Å². The van der Waals surface area contributed by atoms with Gasteiger partial charge in [-0.15, -0.1) is 0 Å². The van der Waals surface area contributed by atoms with Gasteiger partial charge >= 0.3 is 5.97 Å². The summed E-state index contributed by atoms with van der Waals surface area (Å²) in [5, 5.41) is 8.05. The van der Waals surface area contributed by atoms with Crippen LogP contribution in [-0.4, -0.2) is 43.5 Å². The number of carbonyl (C=O) groups is 1. The van der Waals surface area contributed by atoms with Gasteiger partial charge in [-0.1, -0.05) is 6.58 Å². The Kier molecular flexibility index (Phi) is 10.4. The minimum absolute atomic E-state index is 0.00292. The summed E-state index contributed by atoms with van der Waals surface area (Å²) < 4.78 is 21.1. The van der Waals surface area contributed by atoms with E-state index >= 15 is 0 Å². The van der Waals surface area contributed by atoms with Gasteiger partial charge in [0.25, 0.3) is 0 Å². The minimum Gasteiger partial charge on any atom is -0.516 e. The lowest BCUT2D eigenvalue weighted by Crippen LogP contribution is -2.31. The number of aliphatic hydroxyl groups is 1. The van der Waals surface area contributed by atoms with Crippen LogP contribution in [0.3, 0.4) is 0 Å². The van der Waals surface area contributed by atoms with E-state index in [1.54, 1.807) is 0 Å². The number of hydrogen-bond acceptors (Lipinski definition) is 6. The standard InChI is InChI=1S/C10H18O3.C6H8O3/c1-3-7-11-9(5-1)13-10-6-2-4-8-12-10;1-2-6(8)9-5-3-4-7/h9-10H,1-8H2;2-4,7H,1,5H2. The van der Waals surface area contributed by atoms with Crippen LogP contribution in [-0.2, 0) is 23.7 Å². The van der Waals surface area contributed by atoms with Crippen molar-refractivity contribution in [1.29, 1.82) is 0 Å². The van der Waals surface area contributed by atoms with Gasteiger partial charge < -0.3 is 24.1 Å². The SMILES string of the molecule is C1CCC(OC2CCCCO2)OC1.C=CC(=O)OCC=CO. The molecule has 2 atom stereocenters. The van der Waals surface area contributed by atoms with E-state index in [0.29, 0.717) is 0 Å². The van der Waals surface area contributed by atoms with Crippen LogP contribution in [0, 0.1) is 0 Å². The molecular weight excluding hydrogens is 288 g/mol. The lowest BCUT2D eigenvalue weighted by molar-refractivity contribution is -0.264. The van der Waals surface area contributed by atoms with Crippen LogP contribution in [0.15, 0.2) is 25.0 Å². The zero-order valence-electron chi connectivity index (χ0n) is 12.9. The van der Waals surface area contributed by atoms with Gasteiger partial charge in [0.1, 0.15) is 6.61 Å². The minimum atomic E-state index is -0.492. The van der Waals surface area contributed by atoms with Crippen molar-refractivity contribution in [2.75, 3.05) is 19.8 Å². The molecule has 0 aromatic rings. The van der Waals surface area contributed by atoms with Crippen LogP contribution in [0.1, 0.15) is 38.5 Å². The summed E-state index contributed by atoms with van der Waals surface area (Å²) in [4.78, 5) is 10.2. The van der Waals surface area contributed by atoms with Gasteiger partial charge in [-0.3, -0.25) is 0 Å². The number of carbonyl (C=O) groups excluding carboxylic acids is 1. The predicted octanol–water partition coefficient (Wildman–Crippen LogP) is 2.84. The van der Waals surface area contributed by atoms with Crippen molar-refractivity contribution in [3.63, 3.8) is 0 Å². The Bertz CT molecular complexity index is 314. The quantitative estimate of drug-likeness (QED) is 0.478. The molecule has 126 valence electrons. The normalized spacial score (nSPS) is 25.1. The maximum Gasteiger partial charge on any atom is 0.330 e. The lowest BCUT2D eigenvalue weighted by atomic mass is 10.2. The molecule has 2 fully saturated rings. The summed E-state index contributed by atoms with van der Waals surface area (Å²) in [7, 11) is 0. The van der Waals surface area contributed by atoms with Gasteiger partial charge in [0.05, 0.1) is 6.26 Å². The van der Waals surface area contributed by atoms with E-state index in [-0.39, 0.29) is 19.2 Å². The van der Waals surface area contributed by atoms with Crippen LogP contribution >= 0.6 is 0 Å². The monoisotopic (exact) mass is 314 g/mol. The molecule has 0 aromatic heterocycles. The molecule has 2 aliphatic heterocycles. The zero-order chi connectivity index (χ0) is 16.0. The van der Waals surface area contributed by atoms with E-state index in [9.17, 15) is 4.79 Å². The fraction of sp³-hybridized carbons (Fsp3) is 0.688. The number of aliphatic hydroxyl groups excluding tert-OH is 1. The fourth-order valence-electron chi connectivity index (χ4n) is 2.04. The maximum absolute atomic E-state index is 10.2. The molecule has 2 rings (SSSR count). The highest BCUT2D eigenvalue weighted by Gasteiger charge is 2.21. The van der Waals surface area contributed by atoms with Gasteiger partial charge in [0.15, 0.2) is 12.6 Å². The predicted molar refractivity (Wildman–Crippen MR) is 81.2 cm³/mol. The van der Waals surface area contributed by atoms with Crippen molar-refractivity contribution in [2.45, 2.75) is 51.1 Å². The molecule has 0 bridgehead atoms. The summed E-state index contributed by atoms with van der Waals surface area (Å²) in [6.45, 7) is 4.95. The average molecular weight is 314 g/mol. The molecule has 2 saturated heterocycles. The molecular formula is C16H26O6. The summed E-state index contributed by atoms with van der Waals surface area (Å²) in [6.07, 6.45) is 10.0. The fourth-order valence-corrected chi connectivity index (χ4v) is 2.04. The molecule has 2 heterocycles. The van der Waals surface area contributed by atoms with Crippen molar-refractivity contribution in [2.24, 2.45) is 0 Å². The number of esters is 1. The zero-order valence-corrected chi connectivity index (χ0v) is 12.9. The summed E-state index contributed by atoms with van der Waals surface area (Å²) in [5.41, 5.74) is 0. The third-order valence-corrected chi connectivity index (χ3v) is 3.17. The van der Waals surface area contributed by atoms with Gasteiger partial charge in [0.2, 0.25) is 0 Å². The average Bonchev–Trinajstić information content (AvgIpc) is 2.57. The smallest absolute Gasteiger partial charge is 0.330 e. The van der Waals surface area contributed by atoms with E-state index < -0.39 is 5.97 Å². The maximum atomic E-state index is 10.2. The first kappa shape index (κ1) is 18.7. The molecule has 0 aliphatic carbocycles. The van der Waals surface area contributed by atoms with Crippen molar-refractivity contribution in [3.05, 3.63) is 25.0 Å². The molecule has 1 N–H and O–H groups in total. The Balaban J connectivity index is 0.000000239. The molecule has 6 nitrogen and oxygen atoms in total. The second kappa shape index (κ2) is 12.2. The second-order valence-electron chi connectivity index (χ2n) is 4.95. The first-order valence-electron chi connectivity index (χ1n) is 7.73. The first-order valence-corrected chi connectivity index (χ1v) is 7.73. The Hall–Kier alpha value is -1.37. The highest BCUT2D eigenvalue weighted by Crippen LogP contribution is 2.20. The highest BCUT2D eigenvalue weighted by atomic mass is 16.8. The molecule has 22 heavy (non-hydrogen) atoms. The third kappa shape index (κ3) is 8.81. The molecule has 0 amide bonds. The van der Waals surface area contributed by atoms with Gasteiger partial charge in [-0.05, 0) is 44.6 Å². The van der Waals surface area contributed by atoms with Gasteiger partial charge in [-0.2, -0.15) is 0 Å². The van der Waals surface area contributed by atoms with Crippen molar-refractivity contribution < 1.29 is 28.8 Å². The van der Waals surface area contributed by atoms with Crippen LogP contribution < -0.4 is 0 Å². The van der Waals surface area contributed by atoms with E-state index in [2.05, 4.69) is 11.3 Å². The molecule has 2 unspecified atom stereocenters. The largest absolute Gasteiger partial charge is 0.516 e. The Morgan fingerprint density at radius 3 is 2.14 bits per heavy atom. The number of rotatable bonds is 5. The molecule has 0 aromatic carbocycles. The second-order valence-corrected chi connectivity index (χ2v) is 4.95. The molecule has 6 heteroatoms. The van der Waals surface area contributed by atoms with Crippen molar-refractivity contribution in [3.8, 4) is 0 Å². The Morgan fingerprint density at radius 2 is 1.73 bits per heavy atom. The summed E-state index contributed by atoms with van der Waals surface area (Å²) in [5.74, 6) is -0.492. The topological polar surface area (TPSA) is 74.2 Å². The Morgan fingerprint density at radius 1 is 1.14 bits per heavy atom. The first-order chi connectivity index (χ1) is 10.8. The summed E-state index contributed by atoms with van der Waals surface area (Å²) >= 11 is 0. The number of ether oxygens (including phenoxy) is 4. The van der Waals surface area contributed by atoms with E-state index in [0.717, 1.165) is 38.4 Å².